The van der Waals surface area contributed by atoms with Gasteiger partial charge in [-0.3, -0.25) is 19.6 Å². The van der Waals surface area contributed by atoms with Gasteiger partial charge in [0.1, 0.15) is 11.8 Å². The van der Waals surface area contributed by atoms with Crippen LogP contribution in [0.5, 0.6) is 5.75 Å². The summed E-state index contributed by atoms with van der Waals surface area (Å²) in [4.78, 5) is 32.0. The molecule has 1 unspecified atom stereocenters. The minimum absolute atomic E-state index is 0.0960. The molecule has 4 atom stereocenters. The number of nitrogens with zero attached hydrogens (tertiary/aromatic N) is 3. The number of fused-ring (bicyclic) bond motifs is 6. The number of amides is 1. The molecule has 4 heterocycles. The predicted octanol–water partition coefficient (Wildman–Crippen LogP) is 6.33. The third kappa shape index (κ3) is 8.26. The molecule has 4 aromatic rings. The number of cyclic esters (lactones) is 1. The summed E-state index contributed by atoms with van der Waals surface area (Å²) in [5, 5.41) is 13.4. The van der Waals surface area contributed by atoms with Crippen LogP contribution in [0.15, 0.2) is 77.4 Å². The van der Waals surface area contributed by atoms with Crippen LogP contribution in [0.4, 0.5) is 0 Å². The highest BCUT2D eigenvalue weighted by Crippen LogP contribution is 2.42. The lowest BCUT2D eigenvalue weighted by molar-refractivity contribution is -0.154. The van der Waals surface area contributed by atoms with Crippen LogP contribution in [-0.2, 0) is 49.8 Å². The van der Waals surface area contributed by atoms with Crippen LogP contribution in [0.25, 0.3) is 27.6 Å². The first-order valence-electron chi connectivity index (χ1n) is 19.4. The average molecular weight is 748 g/mol. The van der Waals surface area contributed by atoms with Gasteiger partial charge in [0, 0.05) is 54.7 Å². The zero-order valence-corrected chi connectivity index (χ0v) is 32.5. The van der Waals surface area contributed by atoms with E-state index < -0.39 is 23.5 Å². The highest BCUT2D eigenvalue weighted by atomic mass is 16.5. The largest absolute Gasteiger partial charge is 0.508 e. The van der Waals surface area contributed by atoms with Crippen LogP contribution in [0.3, 0.4) is 0 Å². The Bertz CT molecular complexity index is 2120. The van der Waals surface area contributed by atoms with Crippen molar-refractivity contribution in [2.75, 3.05) is 20.3 Å². The first kappa shape index (κ1) is 38.5. The van der Waals surface area contributed by atoms with E-state index in [1.165, 1.54) is 5.01 Å². The van der Waals surface area contributed by atoms with Crippen molar-refractivity contribution in [1.82, 2.24) is 15.0 Å². The summed E-state index contributed by atoms with van der Waals surface area (Å²) in [5.41, 5.74) is 17.8. The van der Waals surface area contributed by atoms with E-state index in [1.807, 2.05) is 37.4 Å². The molecular formula is C44H53N5O6. The van der Waals surface area contributed by atoms with E-state index in [4.69, 9.17) is 24.9 Å². The fraction of sp³-hybridized carbons (Fsp3) is 0.432. The molecule has 0 radical (unpaired) electrons. The van der Waals surface area contributed by atoms with Gasteiger partial charge in [-0.1, -0.05) is 56.3 Å². The summed E-state index contributed by atoms with van der Waals surface area (Å²) in [7, 11) is 1.70. The highest BCUT2D eigenvalue weighted by Gasteiger charge is 2.35. The number of nitrogens with two attached hydrogens (primary N) is 1. The molecule has 1 fully saturated rings. The molecule has 3 aromatic carbocycles. The predicted molar refractivity (Wildman–Crippen MR) is 214 cm³/mol. The quantitative estimate of drug-likeness (QED) is 0.187. The van der Waals surface area contributed by atoms with E-state index in [2.05, 4.69) is 61.1 Å². The monoisotopic (exact) mass is 747 g/mol. The Hall–Kier alpha value is -4.81. The second-order valence-electron chi connectivity index (χ2n) is 15.8. The molecule has 1 aromatic heterocycles. The number of esters is 1. The van der Waals surface area contributed by atoms with E-state index in [0.717, 1.165) is 55.7 Å². The van der Waals surface area contributed by atoms with Crippen molar-refractivity contribution in [3.63, 3.8) is 0 Å². The van der Waals surface area contributed by atoms with Gasteiger partial charge in [-0.15, -0.1) is 0 Å². The number of benzene rings is 3. The number of aromatic hydroxyl groups is 1. The number of hydrogen-bond acceptors (Lipinski definition) is 9. The third-order valence-corrected chi connectivity index (χ3v) is 11.0. The molecular weight excluding hydrogens is 695 g/mol. The van der Waals surface area contributed by atoms with Crippen molar-refractivity contribution in [2.24, 2.45) is 16.1 Å². The molecule has 11 heteroatoms. The number of phenolic OH excluding ortho intramolecular Hbond substituents is 1. The SMILES string of the molecule is CCn1c(C2=C([C@H](C)OC)N=CC(OCc3ccccc3)C2)c2c3cc(ccc31)-c1cc(O)cc(c1)C[C@H](N)C(=O)N1CCC[C@H](N1)C(=O)OCC(C)(C)C2. The number of ether oxygens (including phenoxy) is 3. The second kappa shape index (κ2) is 16.1. The third-order valence-electron chi connectivity index (χ3n) is 11.0. The van der Waals surface area contributed by atoms with Crippen LogP contribution < -0.4 is 11.2 Å². The number of hydrogen-bond donors (Lipinski definition) is 3. The molecule has 0 saturated carbocycles. The van der Waals surface area contributed by atoms with Crippen molar-refractivity contribution in [3.05, 3.63) is 94.8 Å². The zero-order chi connectivity index (χ0) is 38.9. The maximum atomic E-state index is 13.6. The lowest BCUT2D eigenvalue weighted by atomic mass is 9.83. The molecule has 290 valence electrons. The summed E-state index contributed by atoms with van der Waals surface area (Å²) in [5.74, 6) is -0.603. The summed E-state index contributed by atoms with van der Waals surface area (Å²) < 4.78 is 20.8. The lowest BCUT2D eigenvalue weighted by Gasteiger charge is -2.35. The number of aryl methyl sites for hydroxylation is 1. The molecule has 1 amide bonds. The summed E-state index contributed by atoms with van der Waals surface area (Å²) in [6.07, 6.45) is 3.96. The first-order valence-corrected chi connectivity index (χ1v) is 19.4. The van der Waals surface area contributed by atoms with Crippen LogP contribution in [0.2, 0.25) is 0 Å². The van der Waals surface area contributed by atoms with Gasteiger partial charge in [0.05, 0.1) is 42.9 Å². The molecule has 55 heavy (non-hydrogen) atoms. The van der Waals surface area contributed by atoms with E-state index >= 15 is 0 Å². The van der Waals surface area contributed by atoms with E-state index in [9.17, 15) is 14.7 Å². The van der Waals surface area contributed by atoms with Gasteiger partial charge < -0.3 is 29.6 Å². The van der Waals surface area contributed by atoms with Crippen molar-refractivity contribution < 1.29 is 28.9 Å². The number of phenols is 1. The van der Waals surface area contributed by atoms with E-state index in [-0.39, 0.29) is 36.9 Å². The molecule has 0 aliphatic carbocycles. The van der Waals surface area contributed by atoms with Crippen molar-refractivity contribution in [3.8, 4) is 16.9 Å². The maximum absolute atomic E-state index is 13.6. The van der Waals surface area contributed by atoms with Gasteiger partial charge in [0.15, 0.2) is 0 Å². The van der Waals surface area contributed by atoms with Crippen LogP contribution in [-0.4, -0.2) is 77.3 Å². The smallest absolute Gasteiger partial charge is 0.324 e. The number of rotatable bonds is 7. The fourth-order valence-electron chi connectivity index (χ4n) is 8.13. The maximum Gasteiger partial charge on any atom is 0.324 e. The molecule has 1 saturated heterocycles. The first-order chi connectivity index (χ1) is 26.4. The van der Waals surface area contributed by atoms with E-state index in [1.54, 1.807) is 19.2 Å². The van der Waals surface area contributed by atoms with Crippen LogP contribution in [0.1, 0.15) is 69.3 Å². The molecule has 11 nitrogen and oxygen atoms in total. The summed E-state index contributed by atoms with van der Waals surface area (Å²) >= 11 is 0. The molecule has 7 rings (SSSR count). The lowest BCUT2D eigenvalue weighted by Crippen LogP contribution is -2.59. The van der Waals surface area contributed by atoms with Gasteiger partial charge in [0.25, 0.3) is 5.91 Å². The van der Waals surface area contributed by atoms with Crippen molar-refractivity contribution >= 4 is 34.6 Å². The Morgan fingerprint density at radius 2 is 1.87 bits per heavy atom. The molecule has 0 spiro atoms. The minimum atomic E-state index is -0.874. The average Bonchev–Trinajstić information content (AvgIpc) is 3.49. The number of aromatic nitrogens is 1. The second-order valence-corrected chi connectivity index (χ2v) is 15.8. The highest BCUT2D eigenvalue weighted by molar-refractivity contribution is 5.95. The van der Waals surface area contributed by atoms with Crippen LogP contribution in [0, 0.1) is 5.41 Å². The van der Waals surface area contributed by atoms with Gasteiger partial charge >= 0.3 is 5.97 Å². The Balaban J connectivity index is 1.38. The van der Waals surface area contributed by atoms with Crippen LogP contribution >= 0.6 is 0 Å². The van der Waals surface area contributed by atoms with Crippen molar-refractivity contribution in [2.45, 2.75) is 97.2 Å². The molecule has 3 aliphatic heterocycles. The zero-order valence-electron chi connectivity index (χ0n) is 32.5. The number of methoxy groups -OCH3 is 1. The normalized spacial score (nSPS) is 22.4. The fourth-order valence-corrected chi connectivity index (χ4v) is 8.13. The summed E-state index contributed by atoms with van der Waals surface area (Å²) in [6.45, 7) is 10.2. The molecule has 6 bridgehead atoms. The van der Waals surface area contributed by atoms with Crippen molar-refractivity contribution in [1.29, 1.82) is 0 Å². The number of hydrazine groups is 1. The number of carbonyl (C=O) groups excluding carboxylic acids is 2. The Labute approximate surface area is 323 Å². The number of aliphatic imine (C=N–C) groups is 1. The topological polar surface area (TPSA) is 141 Å². The summed E-state index contributed by atoms with van der Waals surface area (Å²) in [6, 6.07) is 20.4. The minimum Gasteiger partial charge on any atom is -0.508 e. The van der Waals surface area contributed by atoms with E-state index in [0.29, 0.717) is 45.4 Å². The number of carbonyl (C=O) groups is 2. The van der Waals surface area contributed by atoms with Gasteiger partial charge in [0.2, 0.25) is 0 Å². The number of nitrogens with one attached hydrogen (secondary N) is 1. The Kier molecular flexibility index (Phi) is 11.3. The Morgan fingerprint density at radius 3 is 2.64 bits per heavy atom. The van der Waals surface area contributed by atoms with Gasteiger partial charge in [-0.2, -0.15) is 0 Å². The van der Waals surface area contributed by atoms with Gasteiger partial charge in [-0.25, -0.2) is 5.43 Å². The molecule has 4 N–H and O–H groups in total. The Morgan fingerprint density at radius 1 is 1.07 bits per heavy atom. The standard InChI is InChI=1S/C44H53N5O6/c1-6-48-39-15-14-30-21-34(39)36(41(48)35-22-33(24-46-40(35)27(2)53-5)54-25-28-11-8-7-9-12-28)23-44(3,4)26-55-43(52)38-13-10-16-49(47-38)42(51)37(45)19-29-17-31(30)20-32(50)18-29/h7-9,11-12,14-15,17-18,20-21,24,27,33,37-38,47,50H,6,10,13,16,19,22-23,25-26,45H2,1-5H3/t27-,33?,37-,38-/m0/s1. The van der Waals surface area contributed by atoms with Gasteiger partial charge in [-0.05, 0) is 91.6 Å². The molecule has 3 aliphatic rings.